The van der Waals surface area contributed by atoms with Crippen molar-refractivity contribution in [3.8, 4) is 0 Å². The van der Waals surface area contributed by atoms with E-state index >= 15 is 0 Å². The fourth-order valence-electron chi connectivity index (χ4n) is 3.72. The van der Waals surface area contributed by atoms with Gasteiger partial charge in [-0.15, -0.1) is 0 Å². The Hall–Kier alpha value is -1.16. The summed E-state index contributed by atoms with van der Waals surface area (Å²) in [5.74, 6) is 0.899. The quantitative estimate of drug-likeness (QED) is 0.856. The fourth-order valence-corrected chi connectivity index (χ4v) is 3.72. The van der Waals surface area contributed by atoms with E-state index in [0.29, 0.717) is 11.0 Å². The summed E-state index contributed by atoms with van der Waals surface area (Å²) in [4.78, 5) is 13.8. The van der Waals surface area contributed by atoms with Gasteiger partial charge >= 0.3 is 0 Å². The number of nitrogens with zero attached hydrogens (tertiary/aromatic N) is 4. The van der Waals surface area contributed by atoms with Crippen LogP contribution in [0.25, 0.3) is 0 Å². The number of hydrogen-bond acceptors (Lipinski definition) is 4. The number of piperidine rings is 1. The zero-order valence-corrected chi connectivity index (χ0v) is 13.7. The van der Waals surface area contributed by atoms with E-state index in [-0.39, 0.29) is 0 Å². The second-order valence-corrected chi connectivity index (χ2v) is 7.37. The van der Waals surface area contributed by atoms with Crippen LogP contribution in [-0.2, 0) is 0 Å². The molecule has 4 heteroatoms. The molecule has 0 radical (unpaired) electrons. The van der Waals surface area contributed by atoms with Gasteiger partial charge in [0.1, 0.15) is 0 Å². The fraction of sp³-hybridized carbons (Fsp3) is 0.765. The van der Waals surface area contributed by atoms with Crippen LogP contribution in [0, 0.1) is 5.41 Å². The maximum absolute atomic E-state index is 4.39. The van der Waals surface area contributed by atoms with Gasteiger partial charge in [-0.05, 0) is 57.6 Å². The second-order valence-electron chi connectivity index (χ2n) is 7.37. The smallest absolute Gasteiger partial charge is 0.225 e. The van der Waals surface area contributed by atoms with Crippen molar-refractivity contribution in [2.45, 2.75) is 52.0 Å². The molecule has 4 nitrogen and oxygen atoms in total. The maximum Gasteiger partial charge on any atom is 0.225 e. The van der Waals surface area contributed by atoms with Crippen LogP contribution in [0.15, 0.2) is 18.5 Å². The molecule has 0 saturated carbocycles. The largest absolute Gasteiger partial charge is 0.341 e. The van der Waals surface area contributed by atoms with Crippen molar-refractivity contribution < 1.29 is 0 Å². The molecule has 1 aromatic rings. The average Bonchev–Trinajstić information content (AvgIpc) is 2.94. The average molecular weight is 288 g/mol. The highest BCUT2D eigenvalue weighted by Crippen LogP contribution is 2.43. The summed E-state index contributed by atoms with van der Waals surface area (Å²) in [5, 5.41) is 0. The third kappa shape index (κ3) is 2.91. The van der Waals surface area contributed by atoms with Gasteiger partial charge in [0.25, 0.3) is 0 Å². The van der Waals surface area contributed by atoms with E-state index in [9.17, 15) is 0 Å². The van der Waals surface area contributed by atoms with Crippen molar-refractivity contribution >= 4 is 5.95 Å². The molecule has 2 aliphatic rings. The van der Waals surface area contributed by atoms with Gasteiger partial charge in [0.2, 0.25) is 5.95 Å². The minimum atomic E-state index is 0.350. The minimum absolute atomic E-state index is 0.350. The van der Waals surface area contributed by atoms with Crippen molar-refractivity contribution in [3.63, 3.8) is 0 Å². The van der Waals surface area contributed by atoms with E-state index in [4.69, 9.17) is 0 Å². The molecule has 0 amide bonds. The molecule has 1 spiro atoms. The van der Waals surface area contributed by atoms with Crippen LogP contribution in [-0.4, -0.2) is 46.6 Å². The molecule has 0 aromatic carbocycles. The molecule has 0 bridgehead atoms. The van der Waals surface area contributed by atoms with Crippen molar-refractivity contribution in [3.05, 3.63) is 18.5 Å². The van der Waals surface area contributed by atoms with Gasteiger partial charge in [0.05, 0.1) is 0 Å². The number of likely N-dealkylation sites (tertiary alicyclic amines) is 1. The molecular weight excluding hydrogens is 260 g/mol. The molecule has 116 valence electrons. The maximum atomic E-state index is 4.39. The van der Waals surface area contributed by atoms with E-state index in [1.165, 1.54) is 38.8 Å². The topological polar surface area (TPSA) is 32.3 Å². The Morgan fingerprint density at radius 1 is 1.10 bits per heavy atom. The summed E-state index contributed by atoms with van der Waals surface area (Å²) in [6.45, 7) is 11.8. The van der Waals surface area contributed by atoms with Crippen molar-refractivity contribution in [2.24, 2.45) is 5.41 Å². The van der Waals surface area contributed by atoms with Crippen molar-refractivity contribution in [1.82, 2.24) is 14.9 Å². The third-order valence-corrected chi connectivity index (χ3v) is 5.82. The lowest BCUT2D eigenvalue weighted by molar-refractivity contribution is 0.118. The first-order chi connectivity index (χ1) is 10.0. The number of aromatic nitrogens is 2. The molecule has 1 aromatic heterocycles. The molecular formula is C17H28N4. The molecule has 3 rings (SSSR count). The second kappa shape index (κ2) is 5.56. The lowest BCUT2D eigenvalue weighted by Crippen LogP contribution is -2.46. The predicted molar refractivity (Wildman–Crippen MR) is 86.5 cm³/mol. The Labute approximate surface area is 128 Å². The first-order valence-electron chi connectivity index (χ1n) is 8.32. The highest BCUT2D eigenvalue weighted by Gasteiger charge is 2.44. The molecule has 0 N–H and O–H groups in total. The van der Waals surface area contributed by atoms with Gasteiger partial charge in [0, 0.05) is 37.6 Å². The van der Waals surface area contributed by atoms with Crippen LogP contribution >= 0.6 is 0 Å². The van der Waals surface area contributed by atoms with Gasteiger partial charge in [-0.3, -0.25) is 4.90 Å². The normalized spacial score (nSPS) is 22.9. The van der Waals surface area contributed by atoms with E-state index in [0.717, 1.165) is 19.0 Å². The molecule has 2 saturated heterocycles. The van der Waals surface area contributed by atoms with Crippen molar-refractivity contribution in [2.75, 3.05) is 31.1 Å². The van der Waals surface area contributed by atoms with Crippen LogP contribution in [0.3, 0.4) is 0 Å². The minimum Gasteiger partial charge on any atom is -0.341 e. The summed E-state index contributed by atoms with van der Waals surface area (Å²) < 4.78 is 0. The molecule has 21 heavy (non-hydrogen) atoms. The molecule has 0 unspecified atom stereocenters. The summed E-state index contributed by atoms with van der Waals surface area (Å²) in [7, 11) is 0. The number of hydrogen-bond donors (Lipinski definition) is 0. The highest BCUT2D eigenvalue weighted by atomic mass is 15.3. The first kappa shape index (κ1) is 14.8. The molecule has 0 aliphatic carbocycles. The zero-order valence-electron chi connectivity index (χ0n) is 13.7. The molecule has 3 heterocycles. The van der Waals surface area contributed by atoms with E-state index in [1.807, 2.05) is 18.5 Å². The monoisotopic (exact) mass is 288 g/mol. The lowest BCUT2D eigenvalue weighted by atomic mass is 9.77. The Morgan fingerprint density at radius 2 is 1.71 bits per heavy atom. The van der Waals surface area contributed by atoms with E-state index in [2.05, 4.69) is 40.5 Å². The van der Waals surface area contributed by atoms with Crippen LogP contribution in [0.2, 0.25) is 0 Å². The van der Waals surface area contributed by atoms with E-state index < -0.39 is 0 Å². The van der Waals surface area contributed by atoms with Gasteiger partial charge in [0.15, 0.2) is 0 Å². The van der Waals surface area contributed by atoms with Gasteiger partial charge in [-0.2, -0.15) is 0 Å². The predicted octanol–water partition coefficient (Wildman–Crippen LogP) is 2.96. The van der Waals surface area contributed by atoms with Crippen LogP contribution < -0.4 is 4.90 Å². The van der Waals surface area contributed by atoms with Crippen molar-refractivity contribution in [1.29, 1.82) is 0 Å². The number of anilines is 1. The Balaban J connectivity index is 1.61. The van der Waals surface area contributed by atoms with Crippen LogP contribution in [0.5, 0.6) is 0 Å². The Morgan fingerprint density at radius 3 is 2.33 bits per heavy atom. The number of rotatable bonds is 3. The van der Waals surface area contributed by atoms with Gasteiger partial charge in [-0.1, -0.05) is 6.92 Å². The summed E-state index contributed by atoms with van der Waals surface area (Å²) in [6, 6.07) is 1.89. The van der Waals surface area contributed by atoms with Crippen LogP contribution in [0.1, 0.15) is 46.5 Å². The first-order valence-corrected chi connectivity index (χ1v) is 8.32. The summed E-state index contributed by atoms with van der Waals surface area (Å²) >= 11 is 0. The SMILES string of the molecule is CCC(C)(C)N1CCC2(CCN(c3ncccn3)CC2)C1. The van der Waals surface area contributed by atoms with Crippen LogP contribution in [0.4, 0.5) is 5.95 Å². The summed E-state index contributed by atoms with van der Waals surface area (Å²) in [5.41, 5.74) is 0.890. The Bertz CT molecular complexity index is 463. The zero-order chi connectivity index (χ0) is 14.9. The van der Waals surface area contributed by atoms with E-state index in [1.54, 1.807) is 0 Å². The van der Waals surface area contributed by atoms with Gasteiger partial charge in [-0.25, -0.2) is 9.97 Å². The van der Waals surface area contributed by atoms with Gasteiger partial charge < -0.3 is 4.90 Å². The third-order valence-electron chi connectivity index (χ3n) is 5.82. The summed E-state index contributed by atoms with van der Waals surface area (Å²) in [6.07, 6.45) is 8.83. The molecule has 0 atom stereocenters. The Kier molecular flexibility index (Phi) is 3.91. The standard InChI is InChI=1S/C17H28N4/c1-4-16(2,3)21-13-8-17(14-21)6-11-20(12-7-17)15-18-9-5-10-19-15/h5,9-10H,4,6-8,11-14H2,1-3H3. The molecule has 2 fully saturated rings. The molecule has 2 aliphatic heterocycles. The lowest BCUT2D eigenvalue weighted by Gasteiger charge is -2.41. The highest BCUT2D eigenvalue weighted by molar-refractivity contribution is 5.29.